The molecule has 0 fully saturated rings. The second kappa shape index (κ2) is 4.12. The van der Waals surface area contributed by atoms with Crippen LogP contribution in [-0.4, -0.2) is 9.55 Å². The van der Waals surface area contributed by atoms with Crippen LogP contribution < -0.4 is 0 Å². The summed E-state index contributed by atoms with van der Waals surface area (Å²) in [6, 6.07) is 12.6. The molecule has 0 unspecified atom stereocenters. The molecule has 96 valence electrons. The smallest absolute Gasteiger partial charge is 0.298 e. The summed E-state index contributed by atoms with van der Waals surface area (Å²) in [4.78, 5) is 4.11. The van der Waals surface area contributed by atoms with Crippen molar-refractivity contribution < 1.29 is 13.2 Å². The zero-order valence-electron chi connectivity index (χ0n) is 9.72. The van der Waals surface area contributed by atoms with E-state index < -0.39 is 11.7 Å². The molecule has 0 aliphatic heterocycles. The van der Waals surface area contributed by atoms with Gasteiger partial charge in [-0.3, -0.25) is 4.57 Å². The van der Waals surface area contributed by atoms with Gasteiger partial charge in [-0.1, -0.05) is 24.3 Å². The SMILES string of the molecule is FC(F)(F)c1ccccc1-n1cnc2ccccc21. The molecule has 0 N–H and O–H groups in total. The maximum absolute atomic E-state index is 13.0. The molecule has 2 nitrogen and oxygen atoms in total. The maximum atomic E-state index is 13.0. The van der Waals surface area contributed by atoms with Gasteiger partial charge in [0, 0.05) is 0 Å². The Kier molecular flexibility index (Phi) is 2.55. The second-order valence-corrected chi connectivity index (χ2v) is 4.12. The lowest BCUT2D eigenvalue weighted by atomic mass is 10.1. The average Bonchev–Trinajstić information content (AvgIpc) is 2.81. The Morgan fingerprint density at radius 1 is 0.895 bits per heavy atom. The first-order chi connectivity index (χ1) is 9.07. The van der Waals surface area contributed by atoms with Crippen LogP contribution in [0.25, 0.3) is 16.7 Å². The Morgan fingerprint density at radius 3 is 2.37 bits per heavy atom. The Hall–Kier alpha value is -2.30. The maximum Gasteiger partial charge on any atom is 0.418 e. The molecule has 0 radical (unpaired) electrons. The topological polar surface area (TPSA) is 17.8 Å². The molecule has 3 rings (SSSR count). The fourth-order valence-electron chi connectivity index (χ4n) is 2.07. The highest BCUT2D eigenvalue weighted by Gasteiger charge is 2.33. The van der Waals surface area contributed by atoms with E-state index in [-0.39, 0.29) is 5.69 Å². The summed E-state index contributed by atoms with van der Waals surface area (Å²) < 4.78 is 40.5. The molecule has 0 atom stereocenters. The van der Waals surface area contributed by atoms with Gasteiger partial charge in [0.05, 0.1) is 22.3 Å². The van der Waals surface area contributed by atoms with Crippen molar-refractivity contribution in [2.24, 2.45) is 0 Å². The quantitative estimate of drug-likeness (QED) is 0.647. The summed E-state index contributed by atoms with van der Waals surface area (Å²) >= 11 is 0. The van der Waals surface area contributed by atoms with E-state index >= 15 is 0 Å². The number of hydrogen-bond donors (Lipinski definition) is 0. The number of alkyl halides is 3. The standard InChI is InChI=1S/C14H9F3N2/c15-14(16,17)10-5-1-3-7-12(10)19-9-18-11-6-2-4-8-13(11)19/h1-9H. The largest absolute Gasteiger partial charge is 0.418 e. The van der Waals surface area contributed by atoms with Gasteiger partial charge in [0.15, 0.2) is 0 Å². The summed E-state index contributed by atoms with van der Waals surface area (Å²) in [6.45, 7) is 0. The molecular formula is C14H9F3N2. The molecule has 0 aliphatic rings. The highest BCUT2D eigenvalue weighted by Crippen LogP contribution is 2.34. The summed E-state index contributed by atoms with van der Waals surface area (Å²) in [5.41, 5.74) is 0.737. The molecular weight excluding hydrogens is 253 g/mol. The monoisotopic (exact) mass is 262 g/mol. The zero-order chi connectivity index (χ0) is 13.5. The molecule has 1 heterocycles. The summed E-state index contributed by atoms with van der Waals surface area (Å²) in [7, 11) is 0. The normalized spacial score (nSPS) is 11.9. The Morgan fingerprint density at radius 2 is 1.58 bits per heavy atom. The zero-order valence-corrected chi connectivity index (χ0v) is 9.72. The van der Waals surface area contributed by atoms with Gasteiger partial charge in [0.2, 0.25) is 0 Å². The minimum atomic E-state index is -4.39. The predicted octanol–water partition coefficient (Wildman–Crippen LogP) is 4.04. The van der Waals surface area contributed by atoms with Crippen molar-refractivity contribution in [1.29, 1.82) is 0 Å². The van der Waals surface area contributed by atoms with E-state index in [0.717, 1.165) is 6.07 Å². The Labute approximate surface area is 107 Å². The molecule has 3 aromatic rings. The van der Waals surface area contributed by atoms with Crippen molar-refractivity contribution in [1.82, 2.24) is 9.55 Å². The van der Waals surface area contributed by atoms with Gasteiger partial charge in [0.1, 0.15) is 6.33 Å². The van der Waals surface area contributed by atoms with Crippen molar-refractivity contribution in [3.8, 4) is 5.69 Å². The minimum Gasteiger partial charge on any atom is -0.298 e. The Balaban J connectivity index is 2.28. The van der Waals surface area contributed by atoms with Crippen molar-refractivity contribution >= 4 is 11.0 Å². The van der Waals surface area contributed by atoms with Gasteiger partial charge >= 0.3 is 6.18 Å². The lowest BCUT2D eigenvalue weighted by molar-refractivity contribution is -0.137. The number of para-hydroxylation sites is 3. The number of nitrogens with zero attached hydrogens (tertiary/aromatic N) is 2. The van der Waals surface area contributed by atoms with Crippen LogP contribution in [0.5, 0.6) is 0 Å². The first kappa shape index (κ1) is 11.8. The average molecular weight is 262 g/mol. The molecule has 0 bridgehead atoms. The van der Waals surface area contributed by atoms with Gasteiger partial charge < -0.3 is 0 Å². The van der Waals surface area contributed by atoms with Gasteiger partial charge in [-0.2, -0.15) is 13.2 Å². The number of aromatic nitrogens is 2. The number of benzene rings is 2. The van der Waals surface area contributed by atoms with Crippen LogP contribution in [0, 0.1) is 0 Å². The van der Waals surface area contributed by atoms with Crippen LogP contribution in [0.15, 0.2) is 54.9 Å². The number of imidazole rings is 1. The Bertz CT molecular complexity index is 729. The summed E-state index contributed by atoms with van der Waals surface area (Å²) in [5.74, 6) is 0. The molecule has 19 heavy (non-hydrogen) atoms. The van der Waals surface area contributed by atoms with Gasteiger partial charge in [-0.25, -0.2) is 4.98 Å². The predicted molar refractivity (Wildman–Crippen MR) is 66.1 cm³/mol. The summed E-state index contributed by atoms with van der Waals surface area (Å²) in [6.07, 6.45) is -2.97. The van der Waals surface area contributed by atoms with Gasteiger partial charge in [-0.15, -0.1) is 0 Å². The molecule has 0 spiro atoms. The molecule has 2 aromatic carbocycles. The fraction of sp³-hybridized carbons (Fsp3) is 0.0714. The first-order valence-corrected chi connectivity index (χ1v) is 5.66. The van der Waals surface area contributed by atoms with Crippen molar-refractivity contribution in [3.05, 3.63) is 60.4 Å². The van der Waals surface area contributed by atoms with E-state index in [0.29, 0.717) is 11.0 Å². The van der Waals surface area contributed by atoms with Crippen LogP contribution >= 0.6 is 0 Å². The number of hydrogen-bond acceptors (Lipinski definition) is 1. The van der Waals surface area contributed by atoms with E-state index in [9.17, 15) is 13.2 Å². The van der Waals surface area contributed by atoms with Crippen LogP contribution in [0.1, 0.15) is 5.56 Å². The number of halogens is 3. The second-order valence-electron chi connectivity index (χ2n) is 4.12. The molecule has 0 saturated heterocycles. The fourth-order valence-corrected chi connectivity index (χ4v) is 2.07. The van der Waals surface area contributed by atoms with E-state index in [1.807, 2.05) is 0 Å². The molecule has 5 heteroatoms. The number of rotatable bonds is 1. The summed E-state index contributed by atoms with van der Waals surface area (Å²) in [5, 5.41) is 0. The molecule has 0 saturated carbocycles. The van der Waals surface area contributed by atoms with Crippen molar-refractivity contribution in [2.45, 2.75) is 6.18 Å². The van der Waals surface area contributed by atoms with Crippen molar-refractivity contribution in [2.75, 3.05) is 0 Å². The highest BCUT2D eigenvalue weighted by molar-refractivity contribution is 5.77. The lowest BCUT2D eigenvalue weighted by Gasteiger charge is -2.13. The number of fused-ring (bicyclic) bond motifs is 1. The van der Waals surface area contributed by atoms with E-state index in [2.05, 4.69) is 4.98 Å². The third-order valence-electron chi connectivity index (χ3n) is 2.92. The van der Waals surface area contributed by atoms with E-state index in [1.165, 1.54) is 23.0 Å². The van der Waals surface area contributed by atoms with Crippen LogP contribution in [0.3, 0.4) is 0 Å². The van der Waals surface area contributed by atoms with Gasteiger partial charge in [0.25, 0.3) is 0 Å². The van der Waals surface area contributed by atoms with Crippen LogP contribution in [0.4, 0.5) is 13.2 Å². The third-order valence-corrected chi connectivity index (χ3v) is 2.92. The highest BCUT2D eigenvalue weighted by atomic mass is 19.4. The van der Waals surface area contributed by atoms with Gasteiger partial charge in [-0.05, 0) is 24.3 Å². The van der Waals surface area contributed by atoms with Crippen LogP contribution in [0.2, 0.25) is 0 Å². The van der Waals surface area contributed by atoms with E-state index in [4.69, 9.17) is 0 Å². The molecule has 1 aromatic heterocycles. The molecule has 0 aliphatic carbocycles. The van der Waals surface area contributed by atoms with Crippen molar-refractivity contribution in [3.63, 3.8) is 0 Å². The minimum absolute atomic E-state index is 0.0868. The third kappa shape index (κ3) is 1.97. The van der Waals surface area contributed by atoms with Crippen LogP contribution in [-0.2, 0) is 6.18 Å². The molecule has 0 amide bonds. The van der Waals surface area contributed by atoms with E-state index in [1.54, 1.807) is 30.3 Å². The first-order valence-electron chi connectivity index (χ1n) is 5.66. The lowest BCUT2D eigenvalue weighted by Crippen LogP contribution is -2.10.